The molecule has 0 bridgehead atoms. The molecule has 2 aromatic carbocycles. The Bertz CT molecular complexity index is 1190. The summed E-state index contributed by atoms with van der Waals surface area (Å²) >= 11 is 0. The molecule has 7 heteroatoms. The van der Waals surface area contributed by atoms with Gasteiger partial charge in [0.1, 0.15) is 5.69 Å². The smallest absolute Gasteiger partial charge is 0.275 e. The lowest BCUT2D eigenvalue weighted by molar-refractivity contribution is -0.114. The van der Waals surface area contributed by atoms with Gasteiger partial charge in [0.25, 0.3) is 11.5 Å². The number of nitrogens with zero attached hydrogens (tertiary/aromatic N) is 2. The Morgan fingerprint density at radius 1 is 1.03 bits per heavy atom. The van der Waals surface area contributed by atoms with Gasteiger partial charge >= 0.3 is 0 Å². The first-order valence-corrected chi connectivity index (χ1v) is 10.9. The van der Waals surface area contributed by atoms with Crippen LogP contribution in [0.4, 0.5) is 5.69 Å². The number of fused-ring (bicyclic) bond motifs is 1. The monoisotopic (exact) mass is 434 g/mol. The van der Waals surface area contributed by atoms with Crippen LogP contribution < -0.4 is 10.9 Å². The number of carbonyl (C=O) groups is 2. The van der Waals surface area contributed by atoms with Gasteiger partial charge in [-0.05, 0) is 36.1 Å². The molecule has 0 aliphatic heterocycles. The van der Waals surface area contributed by atoms with Crippen molar-refractivity contribution in [3.63, 3.8) is 0 Å². The van der Waals surface area contributed by atoms with Crippen LogP contribution >= 0.6 is 0 Å². The molecule has 0 unspecified atom stereocenters. The third kappa shape index (κ3) is 5.41. The average Bonchev–Trinajstić information content (AvgIpc) is 2.71. The highest BCUT2D eigenvalue weighted by Crippen LogP contribution is 2.25. The standard InChI is InChI=1S/C25H30N4O3/c1-15(2)13-29(14-16(3)4)25(32)18-10-11-21-22(12-18)28-24(31)23(27-21)19-8-6-7-9-20(19)26-17(5)30/h6-12,15-16H,13-14H2,1-5H3,(H,26,30)(H,28,31). The zero-order valence-electron chi connectivity index (χ0n) is 19.2. The van der Waals surface area contributed by atoms with Crippen molar-refractivity contribution in [2.45, 2.75) is 34.6 Å². The molecular weight excluding hydrogens is 404 g/mol. The topological polar surface area (TPSA) is 95.2 Å². The summed E-state index contributed by atoms with van der Waals surface area (Å²) in [6.45, 7) is 11.1. The van der Waals surface area contributed by atoms with Crippen molar-refractivity contribution >= 4 is 28.5 Å². The largest absolute Gasteiger partial charge is 0.338 e. The lowest BCUT2D eigenvalue weighted by Crippen LogP contribution is -2.37. The molecule has 168 valence electrons. The number of aromatic amines is 1. The van der Waals surface area contributed by atoms with E-state index in [4.69, 9.17) is 0 Å². The molecule has 1 aromatic heterocycles. The molecule has 2 amide bonds. The molecule has 2 N–H and O–H groups in total. The number of carbonyl (C=O) groups excluding carboxylic acids is 2. The third-order valence-corrected chi connectivity index (χ3v) is 4.89. The molecule has 0 spiro atoms. The molecule has 7 nitrogen and oxygen atoms in total. The first-order chi connectivity index (χ1) is 15.2. The summed E-state index contributed by atoms with van der Waals surface area (Å²) in [7, 11) is 0. The van der Waals surface area contributed by atoms with E-state index in [9.17, 15) is 14.4 Å². The molecule has 0 saturated heterocycles. The quantitative estimate of drug-likeness (QED) is 0.579. The van der Waals surface area contributed by atoms with Gasteiger partial charge in [-0.15, -0.1) is 0 Å². The summed E-state index contributed by atoms with van der Waals surface area (Å²) in [6.07, 6.45) is 0. The number of H-pyrrole nitrogens is 1. The summed E-state index contributed by atoms with van der Waals surface area (Å²) in [5.74, 6) is 0.414. The van der Waals surface area contributed by atoms with Crippen LogP contribution in [0.1, 0.15) is 45.0 Å². The van der Waals surface area contributed by atoms with Gasteiger partial charge in [-0.25, -0.2) is 4.98 Å². The van der Waals surface area contributed by atoms with Gasteiger partial charge in [0, 0.05) is 31.1 Å². The van der Waals surface area contributed by atoms with Crippen molar-refractivity contribution in [3.8, 4) is 11.3 Å². The highest BCUT2D eigenvalue weighted by molar-refractivity contribution is 5.98. The van der Waals surface area contributed by atoms with E-state index in [1.807, 2.05) is 4.90 Å². The van der Waals surface area contributed by atoms with Gasteiger partial charge in [-0.2, -0.15) is 0 Å². The fourth-order valence-corrected chi connectivity index (χ4v) is 3.69. The molecule has 3 aromatic rings. The van der Waals surface area contributed by atoms with Gasteiger partial charge in [-0.3, -0.25) is 14.4 Å². The molecular formula is C25H30N4O3. The van der Waals surface area contributed by atoms with E-state index in [1.54, 1.807) is 42.5 Å². The maximum Gasteiger partial charge on any atom is 0.275 e. The Morgan fingerprint density at radius 2 is 1.69 bits per heavy atom. The van der Waals surface area contributed by atoms with Gasteiger partial charge in [0.15, 0.2) is 0 Å². The predicted octanol–water partition coefficient (Wildman–Crippen LogP) is 4.30. The number of amides is 2. The van der Waals surface area contributed by atoms with Gasteiger partial charge in [-0.1, -0.05) is 45.9 Å². The number of nitrogens with one attached hydrogen (secondary N) is 2. The van der Waals surface area contributed by atoms with Crippen molar-refractivity contribution < 1.29 is 9.59 Å². The highest BCUT2D eigenvalue weighted by atomic mass is 16.2. The lowest BCUT2D eigenvalue weighted by Gasteiger charge is -2.26. The van der Waals surface area contributed by atoms with Crippen molar-refractivity contribution in [2.75, 3.05) is 18.4 Å². The minimum atomic E-state index is -0.388. The molecule has 3 rings (SSSR count). The van der Waals surface area contributed by atoms with E-state index >= 15 is 0 Å². The minimum absolute atomic E-state index is 0.0600. The lowest BCUT2D eigenvalue weighted by atomic mass is 10.1. The highest BCUT2D eigenvalue weighted by Gasteiger charge is 2.19. The third-order valence-electron chi connectivity index (χ3n) is 4.89. The van der Waals surface area contributed by atoms with E-state index in [2.05, 4.69) is 43.0 Å². The molecule has 32 heavy (non-hydrogen) atoms. The molecule has 0 atom stereocenters. The minimum Gasteiger partial charge on any atom is -0.338 e. The second-order valence-electron chi connectivity index (χ2n) is 8.87. The number of para-hydroxylation sites is 1. The number of benzene rings is 2. The maximum absolute atomic E-state index is 13.2. The van der Waals surface area contributed by atoms with Crippen LogP contribution in [0.5, 0.6) is 0 Å². The van der Waals surface area contributed by atoms with Crippen LogP contribution in [-0.2, 0) is 4.79 Å². The number of hydrogen-bond acceptors (Lipinski definition) is 4. The molecule has 0 saturated carbocycles. The Kier molecular flexibility index (Phi) is 7.08. The summed E-state index contributed by atoms with van der Waals surface area (Å²) in [6, 6.07) is 12.2. The molecule has 0 aliphatic rings. The van der Waals surface area contributed by atoms with E-state index in [-0.39, 0.29) is 23.1 Å². The predicted molar refractivity (Wildman–Crippen MR) is 128 cm³/mol. The van der Waals surface area contributed by atoms with Crippen molar-refractivity contribution in [1.29, 1.82) is 0 Å². The van der Waals surface area contributed by atoms with Gasteiger partial charge in [0.05, 0.1) is 16.7 Å². The van der Waals surface area contributed by atoms with Crippen molar-refractivity contribution in [3.05, 3.63) is 58.4 Å². The second-order valence-corrected chi connectivity index (χ2v) is 8.87. The van der Waals surface area contributed by atoms with Crippen LogP contribution in [0.25, 0.3) is 22.3 Å². The van der Waals surface area contributed by atoms with Gasteiger partial charge in [0.2, 0.25) is 5.91 Å². The van der Waals surface area contributed by atoms with E-state index in [0.29, 0.717) is 52.8 Å². The zero-order valence-corrected chi connectivity index (χ0v) is 19.2. The Morgan fingerprint density at radius 3 is 2.31 bits per heavy atom. The fourth-order valence-electron chi connectivity index (χ4n) is 3.69. The maximum atomic E-state index is 13.2. The molecule has 0 radical (unpaired) electrons. The Hall–Kier alpha value is -3.48. The molecule has 0 fully saturated rings. The SMILES string of the molecule is CC(=O)Nc1ccccc1-c1nc2ccc(C(=O)N(CC(C)C)CC(C)C)cc2[nH]c1=O. The van der Waals surface area contributed by atoms with Crippen molar-refractivity contribution in [2.24, 2.45) is 11.8 Å². The van der Waals surface area contributed by atoms with Crippen LogP contribution in [-0.4, -0.2) is 39.8 Å². The molecule has 0 aliphatic carbocycles. The van der Waals surface area contributed by atoms with Gasteiger partial charge < -0.3 is 15.2 Å². The zero-order chi connectivity index (χ0) is 23.4. The van der Waals surface area contributed by atoms with E-state index in [0.717, 1.165) is 0 Å². The number of anilines is 1. The first kappa shape index (κ1) is 23.2. The summed E-state index contributed by atoms with van der Waals surface area (Å²) in [4.78, 5) is 46.8. The van der Waals surface area contributed by atoms with Crippen LogP contribution in [0, 0.1) is 11.8 Å². The number of hydrogen-bond donors (Lipinski definition) is 2. The number of rotatable bonds is 7. The molecule has 1 heterocycles. The Balaban J connectivity index is 2.01. The first-order valence-electron chi connectivity index (χ1n) is 10.9. The van der Waals surface area contributed by atoms with Crippen molar-refractivity contribution in [1.82, 2.24) is 14.9 Å². The second kappa shape index (κ2) is 9.77. The number of aromatic nitrogens is 2. The summed E-state index contributed by atoms with van der Waals surface area (Å²) < 4.78 is 0. The van der Waals surface area contributed by atoms with Crippen LogP contribution in [0.3, 0.4) is 0 Å². The van der Waals surface area contributed by atoms with E-state index in [1.165, 1.54) is 6.92 Å². The van der Waals surface area contributed by atoms with Crippen LogP contribution in [0.2, 0.25) is 0 Å². The summed E-state index contributed by atoms with van der Waals surface area (Å²) in [5.41, 5.74) is 2.45. The fraction of sp³-hybridized carbons (Fsp3) is 0.360. The summed E-state index contributed by atoms with van der Waals surface area (Å²) in [5, 5.41) is 2.73. The van der Waals surface area contributed by atoms with Crippen LogP contribution in [0.15, 0.2) is 47.3 Å². The average molecular weight is 435 g/mol. The van der Waals surface area contributed by atoms with E-state index < -0.39 is 0 Å². The normalized spacial score (nSPS) is 11.2. The Labute approximate surface area is 187 Å².